The number of hydrogen-bond acceptors (Lipinski definition) is 2. The van der Waals surface area contributed by atoms with Crippen LogP contribution in [0.4, 0.5) is 0 Å². The maximum Gasteiger partial charge on any atom is 0.296 e. The lowest BCUT2D eigenvalue weighted by atomic mass is 9.79. The van der Waals surface area contributed by atoms with Crippen molar-refractivity contribution in [3.63, 3.8) is 0 Å². The predicted octanol–water partition coefficient (Wildman–Crippen LogP) is 1.40. The van der Waals surface area contributed by atoms with Gasteiger partial charge in [-0.3, -0.25) is 4.79 Å². The molecule has 1 saturated carbocycles. The molecule has 15 heavy (non-hydrogen) atoms. The van der Waals surface area contributed by atoms with Crippen molar-refractivity contribution >= 4 is 21.8 Å². The van der Waals surface area contributed by atoms with Crippen LogP contribution in [0.25, 0.3) is 0 Å². The van der Waals surface area contributed by atoms with Crippen LogP contribution in [0.5, 0.6) is 0 Å². The van der Waals surface area contributed by atoms with Gasteiger partial charge in [-0.15, -0.1) is 0 Å². The third-order valence-electron chi connectivity index (χ3n) is 2.94. The van der Waals surface area contributed by atoms with E-state index in [0.29, 0.717) is 12.5 Å². The van der Waals surface area contributed by atoms with Gasteiger partial charge in [0.25, 0.3) is 5.91 Å². The van der Waals surface area contributed by atoms with E-state index in [4.69, 9.17) is 0 Å². The molecular weight excluding hydrogens is 258 g/mol. The van der Waals surface area contributed by atoms with Gasteiger partial charge in [-0.05, 0) is 36.4 Å². The van der Waals surface area contributed by atoms with Crippen LogP contribution in [0.3, 0.4) is 0 Å². The fraction of sp³-hybridized carbons (Fsp3) is 0.727. The molecule has 0 unspecified atom stereocenters. The maximum absolute atomic E-state index is 11.1. The molecular formula is C11H16BrNO2. The minimum atomic E-state index is -0.726. The lowest BCUT2D eigenvalue weighted by Gasteiger charge is -2.34. The van der Waals surface area contributed by atoms with Gasteiger partial charge in [0, 0.05) is 28.4 Å². The topological polar surface area (TPSA) is 49.3 Å². The standard InChI is InChI=1S/C11H16BrNO2/c1-9-2-5-11(15,6-3-9)8-13-10(14)4-7-12/h9,15H,2-3,5-6,8H2,1H3,(H,13,14). The van der Waals surface area contributed by atoms with E-state index in [9.17, 15) is 9.90 Å². The zero-order valence-electron chi connectivity index (χ0n) is 8.85. The summed E-state index contributed by atoms with van der Waals surface area (Å²) in [6, 6.07) is 0. The van der Waals surface area contributed by atoms with Crippen molar-refractivity contribution in [2.24, 2.45) is 5.92 Å². The fourth-order valence-corrected chi connectivity index (χ4v) is 1.99. The highest BCUT2D eigenvalue weighted by Crippen LogP contribution is 2.31. The number of carbonyl (C=O) groups is 1. The summed E-state index contributed by atoms with van der Waals surface area (Å²) in [6.45, 7) is 2.49. The Labute approximate surface area is 98.8 Å². The van der Waals surface area contributed by atoms with Crippen molar-refractivity contribution in [3.8, 4) is 10.8 Å². The van der Waals surface area contributed by atoms with Crippen molar-refractivity contribution in [2.75, 3.05) is 6.54 Å². The van der Waals surface area contributed by atoms with E-state index >= 15 is 0 Å². The molecule has 1 rings (SSSR count). The van der Waals surface area contributed by atoms with Crippen molar-refractivity contribution < 1.29 is 9.90 Å². The molecule has 0 aromatic heterocycles. The van der Waals surface area contributed by atoms with Gasteiger partial charge < -0.3 is 10.4 Å². The van der Waals surface area contributed by atoms with Crippen LogP contribution in [-0.2, 0) is 4.79 Å². The highest BCUT2D eigenvalue weighted by Gasteiger charge is 2.31. The minimum Gasteiger partial charge on any atom is -0.388 e. The number of halogens is 1. The first-order valence-corrected chi connectivity index (χ1v) is 5.97. The first kappa shape index (κ1) is 12.5. The third-order valence-corrected chi connectivity index (χ3v) is 3.14. The summed E-state index contributed by atoms with van der Waals surface area (Å²) in [5.41, 5.74) is -0.726. The Morgan fingerprint density at radius 3 is 2.73 bits per heavy atom. The van der Waals surface area contributed by atoms with Gasteiger partial charge in [-0.2, -0.15) is 0 Å². The Morgan fingerprint density at radius 1 is 1.60 bits per heavy atom. The van der Waals surface area contributed by atoms with Gasteiger partial charge in [-0.25, -0.2) is 0 Å². The van der Waals surface area contributed by atoms with Crippen LogP contribution in [-0.4, -0.2) is 23.2 Å². The second kappa shape index (κ2) is 5.53. The van der Waals surface area contributed by atoms with Crippen LogP contribution in [0.15, 0.2) is 0 Å². The third kappa shape index (κ3) is 4.23. The van der Waals surface area contributed by atoms with Crippen LogP contribution in [0.2, 0.25) is 0 Å². The zero-order chi connectivity index (χ0) is 11.3. The average Bonchev–Trinajstić information content (AvgIpc) is 2.21. The summed E-state index contributed by atoms with van der Waals surface area (Å²) in [5, 5.41) is 12.7. The quantitative estimate of drug-likeness (QED) is 0.748. The molecule has 1 aliphatic carbocycles. The van der Waals surface area contributed by atoms with E-state index in [2.05, 4.69) is 38.9 Å². The van der Waals surface area contributed by atoms with Crippen molar-refractivity contribution in [2.45, 2.75) is 38.2 Å². The molecule has 1 aliphatic rings. The molecule has 84 valence electrons. The molecule has 0 heterocycles. The van der Waals surface area contributed by atoms with Crippen molar-refractivity contribution in [3.05, 3.63) is 0 Å². The lowest BCUT2D eigenvalue weighted by Crippen LogP contribution is -2.44. The van der Waals surface area contributed by atoms with Gasteiger partial charge in [-0.1, -0.05) is 6.92 Å². The molecule has 0 radical (unpaired) electrons. The Balaban J connectivity index is 2.36. The highest BCUT2D eigenvalue weighted by molar-refractivity contribution is 9.12. The molecule has 0 bridgehead atoms. The van der Waals surface area contributed by atoms with E-state index in [-0.39, 0.29) is 5.91 Å². The highest BCUT2D eigenvalue weighted by atomic mass is 79.9. The summed E-state index contributed by atoms with van der Waals surface area (Å²) < 4.78 is 0. The van der Waals surface area contributed by atoms with E-state index in [1.807, 2.05) is 0 Å². The van der Waals surface area contributed by atoms with Gasteiger partial charge in [0.05, 0.1) is 5.60 Å². The maximum atomic E-state index is 11.1. The predicted molar refractivity (Wildman–Crippen MR) is 62.3 cm³/mol. The molecule has 2 N–H and O–H groups in total. The molecule has 0 spiro atoms. The average molecular weight is 274 g/mol. The van der Waals surface area contributed by atoms with E-state index in [0.717, 1.165) is 25.7 Å². The molecule has 4 heteroatoms. The van der Waals surface area contributed by atoms with Crippen molar-refractivity contribution in [1.29, 1.82) is 0 Å². The normalized spacial score (nSPS) is 30.2. The lowest BCUT2D eigenvalue weighted by molar-refractivity contribution is -0.117. The molecule has 1 fully saturated rings. The summed E-state index contributed by atoms with van der Waals surface area (Å²) in [7, 11) is 0. The Bertz CT molecular complexity index is 285. The van der Waals surface area contributed by atoms with E-state index < -0.39 is 5.60 Å². The van der Waals surface area contributed by atoms with Gasteiger partial charge in [0.1, 0.15) is 0 Å². The number of nitrogens with one attached hydrogen (secondary N) is 1. The summed E-state index contributed by atoms with van der Waals surface area (Å²) in [4.78, 5) is 13.4. The molecule has 1 amide bonds. The monoisotopic (exact) mass is 273 g/mol. The van der Waals surface area contributed by atoms with Gasteiger partial charge >= 0.3 is 0 Å². The molecule has 0 aromatic carbocycles. The minimum absolute atomic E-state index is 0.306. The number of rotatable bonds is 2. The van der Waals surface area contributed by atoms with E-state index in [1.54, 1.807) is 0 Å². The van der Waals surface area contributed by atoms with Crippen LogP contribution in [0.1, 0.15) is 32.6 Å². The number of hydrogen-bond donors (Lipinski definition) is 2. The first-order valence-electron chi connectivity index (χ1n) is 5.17. The molecule has 0 saturated heterocycles. The van der Waals surface area contributed by atoms with Crippen molar-refractivity contribution in [1.82, 2.24) is 5.32 Å². The largest absolute Gasteiger partial charge is 0.388 e. The molecule has 0 aromatic rings. The van der Waals surface area contributed by atoms with Crippen LogP contribution in [0, 0.1) is 16.7 Å². The van der Waals surface area contributed by atoms with Gasteiger partial charge in [0.15, 0.2) is 0 Å². The SMILES string of the molecule is CC1CCC(O)(CNC(=O)C#CBr)CC1. The Hall–Kier alpha value is -0.530. The number of amides is 1. The zero-order valence-corrected chi connectivity index (χ0v) is 10.4. The summed E-state index contributed by atoms with van der Waals surface area (Å²) >= 11 is 2.85. The van der Waals surface area contributed by atoms with Crippen LogP contribution < -0.4 is 5.32 Å². The second-order valence-corrected chi connectivity index (χ2v) is 4.71. The smallest absolute Gasteiger partial charge is 0.296 e. The molecule has 0 atom stereocenters. The molecule has 0 aliphatic heterocycles. The first-order chi connectivity index (χ1) is 7.06. The summed E-state index contributed by atoms with van der Waals surface area (Å²) in [5.74, 6) is 2.65. The molecule has 3 nitrogen and oxygen atoms in total. The van der Waals surface area contributed by atoms with Gasteiger partial charge in [0.2, 0.25) is 0 Å². The number of aliphatic hydroxyl groups is 1. The number of carbonyl (C=O) groups excluding carboxylic acids is 1. The fourth-order valence-electron chi connectivity index (χ4n) is 1.81. The Kier molecular flexibility index (Phi) is 4.62. The second-order valence-electron chi connectivity index (χ2n) is 4.31. The van der Waals surface area contributed by atoms with E-state index in [1.165, 1.54) is 0 Å². The Morgan fingerprint density at radius 2 is 2.20 bits per heavy atom. The summed E-state index contributed by atoms with van der Waals surface area (Å²) in [6.07, 6.45) is 3.57. The van der Waals surface area contributed by atoms with Crippen LogP contribution >= 0.6 is 15.9 Å².